The summed E-state index contributed by atoms with van der Waals surface area (Å²) in [5, 5.41) is 0. The summed E-state index contributed by atoms with van der Waals surface area (Å²) < 4.78 is 13.8. The summed E-state index contributed by atoms with van der Waals surface area (Å²) in [6.07, 6.45) is 0. The normalized spacial score (nSPS) is 10.8. The summed E-state index contributed by atoms with van der Waals surface area (Å²) in [6, 6.07) is 10.2. The van der Waals surface area contributed by atoms with Gasteiger partial charge in [0.15, 0.2) is 5.65 Å². The largest absolute Gasteiger partial charge is 0.227 e. The van der Waals surface area contributed by atoms with Gasteiger partial charge in [-0.3, -0.25) is 0 Å². The second-order valence-corrected chi connectivity index (χ2v) is 4.26. The molecule has 2 heterocycles. The van der Waals surface area contributed by atoms with Crippen molar-refractivity contribution < 1.29 is 4.39 Å². The molecule has 3 aromatic rings. The molecular weight excluding hydrogens is 223 g/mol. The zero-order valence-corrected chi connectivity index (χ0v) is 9.04. The molecule has 3 rings (SSSR count). The number of thiazole rings is 1. The maximum absolute atomic E-state index is 12.8. The Morgan fingerprint density at radius 2 is 1.81 bits per heavy atom. The van der Waals surface area contributed by atoms with Crippen LogP contribution in [0.1, 0.15) is 0 Å². The molecule has 2 aromatic heterocycles. The van der Waals surface area contributed by atoms with Gasteiger partial charge in [0, 0.05) is 5.56 Å². The van der Waals surface area contributed by atoms with Crippen LogP contribution < -0.4 is 0 Å². The topological polar surface area (TPSA) is 25.8 Å². The zero-order chi connectivity index (χ0) is 11.0. The number of hydrogen-bond donors (Lipinski definition) is 0. The van der Waals surface area contributed by atoms with Gasteiger partial charge >= 0.3 is 0 Å². The van der Waals surface area contributed by atoms with Crippen LogP contribution in [0.2, 0.25) is 0 Å². The first-order valence-corrected chi connectivity index (χ1v) is 5.67. The molecule has 0 spiro atoms. The quantitative estimate of drug-likeness (QED) is 0.639. The van der Waals surface area contributed by atoms with Crippen LogP contribution in [-0.4, -0.2) is 9.97 Å². The van der Waals surface area contributed by atoms with E-state index >= 15 is 0 Å². The van der Waals surface area contributed by atoms with Gasteiger partial charge in [0.05, 0.1) is 15.9 Å². The average Bonchev–Trinajstić information content (AvgIpc) is 2.77. The summed E-state index contributed by atoms with van der Waals surface area (Å²) >= 11 is 1.56. The summed E-state index contributed by atoms with van der Waals surface area (Å²) in [5.74, 6) is -0.238. The molecule has 78 valence electrons. The lowest BCUT2D eigenvalue weighted by Gasteiger charge is -1.99. The Labute approximate surface area is 95.4 Å². The Kier molecular flexibility index (Phi) is 2.15. The standard InChI is InChI=1S/C12H7FN2S/c13-9-3-1-8(2-4-9)10-5-6-11-12(15-10)14-7-16-11/h1-7H. The van der Waals surface area contributed by atoms with E-state index in [-0.39, 0.29) is 5.82 Å². The van der Waals surface area contributed by atoms with Crippen LogP contribution in [0.3, 0.4) is 0 Å². The van der Waals surface area contributed by atoms with Crippen molar-refractivity contribution in [3.05, 3.63) is 47.7 Å². The Morgan fingerprint density at radius 3 is 2.62 bits per heavy atom. The Morgan fingerprint density at radius 1 is 1.00 bits per heavy atom. The molecule has 2 nitrogen and oxygen atoms in total. The molecule has 0 aliphatic carbocycles. The van der Waals surface area contributed by atoms with E-state index in [1.54, 1.807) is 29.0 Å². The molecule has 0 saturated carbocycles. The number of benzene rings is 1. The molecule has 0 unspecified atom stereocenters. The van der Waals surface area contributed by atoms with Crippen LogP contribution >= 0.6 is 11.3 Å². The van der Waals surface area contributed by atoms with Gasteiger partial charge < -0.3 is 0 Å². The molecule has 0 bridgehead atoms. The number of hydrogen-bond acceptors (Lipinski definition) is 3. The predicted molar refractivity (Wildman–Crippen MR) is 62.8 cm³/mol. The number of halogens is 1. The zero-order valence-electron chi connectivity index (χ0n) is 8.22. The maximum atomic E-state index is 12.8. The van der Waals surface area contributed by atoms with Crippen molar-refractivity contribution in [2.45, 2.75) is 0 Å². The van der Waals surface area contributed by atoms with Crippen LogP contribution in [0.25, 0.3) is 21.6 Å². The number of rotatable bonds is 1. The highest BCUT2D eigenvalue weighted by atomic mass is 32.1. The first-order valence-electron chi connectivity index (χ1n) is 4.79. The third-order valence-corrected chi connectivity index (χ3v) is 3.12. The van der Waals surface area contributed by atoms with Crippen LogP contribution in [0, 0.1) is 5.82 Å². The van der Waals surface area contributed by atoms with E-state index < -0.39 is 0 Å². The van der Waals surface area contributed by atoms with Gasteiger partial charge in [0.25, 0.3) is 0 Å². The molecule has 0 aliphatic heterocycles. The fraction of sp³-hybridized carbons (Fsp3) is 0. The van der Waals surface area contributed by atoms with Crippen molar-refractivity contribution in [2.24, 2.45) is 0 Å². The van der Waals surface area contributed by atoms with Crippen molar-refractivity contribution >= 4 is 21.7 Å². The van der Waals surface area contributed by atoms with Gasteiger partial charge in [0.1, 0.15) is 5.82 Å². The van der Waals surface area contributed by atoms with Crippen LogP contribution in [0.4, 0.5) is 4.39 Å². The van der Waals surface area contributed by atoms with Gasteiger partial charge in [-0.1, -0.05) is 0 Å². The molecule has 1 aromatic carbocycles. The number of pyridine rings is 1. The fourth-order valence-corrected chi connectivity index (χ4v) is 2.15. The second kappa shape index (κ2) is 3.64. The Hall–Kier alpha value is -1.81. The first-order chi connectivity index (χ1) is 7.83. The lowest BCUT2D eigenvalue weighted by atomic mass is 10.1. The molecule has 16 heavy (non-hydrogen) atoms. The summed E-state index contributed by atoms with van der Waals surface area (Å²) in [4.78, 5) is 8.57. The highest BCUT2D eigenvalue weighted by Gasteiger charge is 2.03. The number of nitrogens with zero attached hydrogens (tertiary/aromatic N) is 2. The molecule has 0 N–H and O–H groups in total. The van der Waals surface area contributed by atoms with Crippen LogP contribution in [0.5, 0.6) is 0 Å². The van der Waals surface area contributed by atoms with Crippen molar-refractivity contribution in [3.63, 3.8) is 0 Å². The molecule has 4 heteroatoms. The fourth-order valence-electron chi connectivity index (χ4n) is 1.53. The van der Waals surface area contributed by atoms with E-state index in [0.717, 1.165) is 21.6 Å². The van der Waals surface area contributed by atoms with Gasteiger partial charge in [-0.15, -0.1) is 11.3 Å². The highest BCUT2D eigenvalue weighted by Crippen LogP contribution is 2.22. The molecular formula is C12H7FN2S. The van der Waals surface area contributed by atoms with E-state index in [0.29, 0.717) is 0 Å². The van der Waals surface area contributed by atoms with Crippen molar-refractivity contribution in [3.8, 4) is 11.3 Å². The molecule has 0 fully saturated rings. The smallest absolute Gasteiger partial charge is 0.170 e. The van der Waals surface area contributed by atoms with E-state index in [4.69, 9.17) is 0 Å². The summed E-state index contributed by atoms with van der Waals surface area (Å²) in [6.45, 7) is 0. The third kappa shape index (κ3) is 1.57. The molecule has 0 amide bonds. The van der Waals surface area contributed by atoms with E-state index in [1.807, 2.05) is 12.1 Å². The average molecular weight is 230 g/mol. The highest BCUT2D eigenvalue weighted by molar-refractivity contribution is 7.16. The minimum absolute atomic E-state index is 0.238. The predicted octanol–water partition coefficient (Wildman–Crippen LogP) is 3.50. The molecule has 0 aliphatic rings. The lowest BCUT2D eigenvalue weighted by Crippen LogP contribution is -1.84. The summed E-state index contributed by atoms with van der Waals surface area (Å²) in [5.41, 5.74) is 4.23. The van der Waals surface area contributed by atoms with Gasteiger partial charge in [-0.2, -0.15) is 0 Å². The lowest BCUT2D eigenvalue weighted by molar-refractivity contribution is 0.628. The molecule has 0 saturated heterocycles. The van der Waals surface area contributed by atoms with Crippen molar-refractivity contribution in [1.82, 2.24) is 9.97 Å². The van der Waals surface area contributed by atoms with Crippen molar-refractivity contribution in [1.29, 1.82) is 0 Å². The SMILES string of the molecule is Fc1ccc(-c2ccc3scnc3n2)cc1. The minimum Gasteiger partial charge on any atom is -0.227 e. The van der Waals surface area contributed by atoms with E-state index in [9.17, 15) is 4.39 Å². The van der Waals surface area contributed by atoms with Gasteiger partial charge in [0.2, 0.25) is 0 Å². The van der Waals surface area contributed by atoms with Crippen LogP contribution in [-0.2, 0) is 0 Å². The monoisotopic (exact) mass is 230 g/mol. The van der Waals surface area contributed by atoms with E-state index in [2.05, 4.69) is 9.97 Å². The van der Waals surface area contributed by atoms with E-state index in [1.165, 1.54) is 12.1 Å². The minimum atomic E-state index is -0.238. The molecule has 0 atom stereocenters. The van der Waals surface area contributed by atoms with Crippen molar-refractivity contribution in [2.75, 3.05) is 0 Å². The van der Waals surface area contributed by atoms with Gasteiger partial charge in [-0.25, -0.2) is 14.4 Å². The van der Waals surface area contributed by atoms with Crippen LogP contribution in [0.15, 0.2) is 41.9 Å². The third-order valence-electron chi connectivity index (χ3n) is 2.33. The Balaban J connectivity index is 2.14. The number of aromatic nitrogens is 2. The number of fused-ring (bicyclic) bond motifs is 1. The Bertz CT molecular complexity index is 631. The maximum Gasteiger partial charge on any atom is 0.170 e. The molecule has 0 radical (unpaired) electrons. The second-order valence-electron chi connectivity index (χ2n) is 3.38. The van der Waals surface area contributed by atoms with Gasteiger partial charge in [-0.05, 0) is 36.4 Å². The summed E-state index contributed by atoms with van der Waals surface area (Å²) in [7, 11) is 0. The first kappa shape index (κ1) is 9.42.